The molecule has 0 aliphatic carbocycles. The van der Waals surface area contributed by atoms with Crippen molar-refractivity contribution in [3.63, 3.8) is 0 Å². The van der Waals surface area contributed by atoms with Gasteiger partial charge in [0.05, 0.1) is 0 Å². The monoisotopic (exact) mass is 313 g/mol. The van der Waals surface area contributed by atoms with Crippen LogP contribution in [0.5, 0.6) is 0 Å². The molecule has 1 aromatic heterocycles. The highest BCUT2D eigenvalue weighted by molar-refractivity contribution is 7.80. The summed E-state index contributed by atoms with van der Waals surface area (Å²) in [6.07, 6.45) is 3.63. The zero-order valence-electron chi connectivity index (χ0n) is 13.4. The summed E-state index contributed by atoms with van der Waals surface area (Å²) in [6.45, 7) is 8.15. The summed E-state index contributed by atoms with van der Waals surface area (Å²) in [5, 5.41) is 4.16. The number of thiocarbonyl (C=S) groups is 1. The number of pyridine rings is 1. The van der Waals surface area contributed by atoms with Gasteiger partial charge in [-0.05, 0) is 54.4 Å². The van der Waals surface area contributed by atoms with Crippen molar-refractivity contribution in [3.8, 4) is 0 Å². The van der Waals surface area contributed by atoms with Crippen LogP contribution in [-0.2, 0) is 6.54 Å². The van der Waals surface area contributed by atoms with E-state index in [2.05, 4.69) is 54.2 Å². The van der Waals surface area contributed by atoms with Gasteiger partial charge in [0.15, 0.2) is 5.11 Å². The van der Waals surface area contributed by atoms with E-state index < -0.39 is 0 Å². The second-order valence-corrected chi connectivity index (χ2v) is 5.93. The van der Waals surface area contributed by atoms with E-state index in [9.17, 15) is 0 Å². The Morgan fingerprint density at radius 2 is 1.86 bits per heavy atom. The van der Waals surface area contributed by atoms with E-state index in [4.69, 9.17) is 12.2 Å². The highest BCUT2D eigenvalue weighted by Crippen LogP contribution is 2.24. The van der Waals surface area contributed by atoms with E-state index >= 15 is 0 Å². The number of hydrogen-bond donors (Lipinski definition) is 1. The lowest BCUT2D eigenvalue weighted by molar-refractivity contribution is 0.442. The van der Waals surface area contributed by atoms with Gasteiger partial charge >= 0.3 is 0 Å². The van der Waals surface area contributed by atoms with Gasteiger partial charge in [0, 0.05) is 31.2 Å². The minimum absolute atomic E-state index is 0.460. The molecule has 0 radical (unpaired) electrons. The number of anilines is 1. The standard InChI is InChI=1S/C18H23N3S/c1-4-21(13-15-9-11-19-12-10-15)18(22)20-17-8-6-5-7-16(17)14(2)3/h5-12,14H,4,13H2,1-3H3,(H,20,22). The first-order valence-electron chi connectivity index (χ1n) is 7.65. The molecule has 1 aromatic carbocycles. The summed E-state index contributed by atoms with van der Waals surface area (Å²) in [6, 6.07) is 12.4. The van der Waals surface area contributed by atoms with Gasteiger partial charge in [0.2, 0.25) is 0 Å². The SMILES string of the molecule is CCN(Cc1ccncc1)C(=S)Nc1ccccc1C(C)C. The fourth-order valence-corrected chi connectivity index (χ4v) is 2.65. The van der Waals surface area contributed by atoms with Crippen LogP contribution in [0.25, 0.3) is 0 Å². The summed E-state index contributed by atoms with van der Waals surface area (Å²) in [4.78, 5) is 6.21. The van der Waals surface area contributed by atoms with Gasteiger partial charge in [0.1, 0.15) is 0 Å². The fourth-order valence-electron chi connectivity index (χ4n) is 2.34. The number of nitrogens with zero attached hydrogens (tertiary/aromatic N) is 2. The summed E-state index contributed by atoms with van der Waals surface area (Å²) < 4.78 is 0. The van der Waals surface area contributed by atoms with Gasteiger partial charge < -0.3 is 10.2 Å². The number of rotatable bonds is 5. The number of nitrogens with one attached hydrogen (secondary N) is 1. The fraction of sp³-hybridized carbons (Fsp3) is 0.333. The van der Waals surface area contributed by atoms with Crippen molar-refractivity contribution in [3.05, 3.63) is 59.9 Å². The van der Waals surface area contributed by atoms with Crippen LogP contribution in [-0.4, -0.2) is 21.5 Å². The Morgan fingerprint density at radius 1 is 1.18 bits per heavy atom. The molecule has 0 atom stereocenters. The van der Waals surface area contributed by atoms with Crippen LogP contribution < -0.4 is 5.32 Å². The molecule has 116 valence electrons. The van der Waals surface area contributed by atoms with Gasteiger partial charge in [-0.3, -0.25) is 4.98 Å². The van der Waals surface area contributed by atoms with Crippen LogP contribution in [0.2, 0.25) is 0 Å². The second kappa shape index (κ2) is 7.90. The van der Waals surface area contributed by atoms with E-state index in [-0.39, 0.29) is 0 Å². The molecule has 4 heteroatoms. The van der Waals surface area contributed by atoms with Crippen molar-refractivity contribution in [2.45, 2.75) is 33.2 Å². The molecule has 1 N–H and O–H groups in total. The quantitative estimate of drug-likeness (QED) is 0.827. The zero-order chi connectivity index (χ0) is 15.9. The van der Waals surface area contributed by atoms with Crippen molar-refractivity contribution in [2.75, 3.05) is 11.9 Å². The smallest absolute Gasteiger partial charge is 0.173 e. The number of aromatic nitrogens is 1. The van der Waals surface area contributed by atoms with Crippen molar-refractivity contribution in [1.29, 1.82) is 0 Å². The lowest BCUT2D eigenvalue weighted by Crippen LogP contribution is -2.34. The molecule has 1 heterocycles. The first kappa shape index (κ1) is 16.4. The maximum absolute atomic E-state index is 5.60. The molecule has 0 saturated carbocycles. The Kier molecular flexibility index (Phi) is 5.90. The maximum atomic E-state index is 5.60. The molecule has 22 heavy (non-hydrogen) atoms. The molecule has 0 amide bonds. The molecule has 3 nitrogen and oxygen atoms in total. The third kappa shape index (κ3) is 4.28. The summed E-state index contributed by atoms with van der Waals surface area (Å²) in [5.41, 5.74) is 3.58. The van der Waals surface area contributed by atoms with Crippen LogP contribution in [0, 0.1) is 0 Å². The Bertz CT molecular complexity index is 611. The number of para-hydroxylation sites is 1. The van der Waals surface area contributed by atoms with Gasteiger partial charge in [-0.1, -0.05) is 32.0 Å². The topological polar surface area (TPSA) is 28.2 Å². The van der Waals surface area contributed by atoms with E-state index in [1.807, 2.05) is 30.6 Å². The molecule has 2 rings (SSSR count). The van der Waals surface area contributed by atoms with Crippen molar-refractivity contribution < 1.29 is 0 Å². The normalized spacial score (nSPS) is 10.5. The molecular formula is C18H23N3S. The summed E-state index contributed by atoms with van der Waals surface area (Å²) >= 11 is 5.60. The van der Waals surface area contributed by atoms with Gasteiger partial charge in [0.25, 0.3) is 0 Å². The van der Waals surface area contributed by atoms with E-state index in [1.165, 1.54) is 11.1 Å². The first-order chi connectivity index (χ1) is 10.6. The van der Waals surface area contributed by atoms with Crippen molar-refractivity contribution in [1.82, 2.24) is 9.88 Å². The highest BCUT2D eigenvalue weighted by atomic mass is 32.1. The number of hydrogen-bond acceptors (Lipinski definition) is 2. The lowest BCUT2D eigenvalue weighted by atomic mass is 10.0. The van der Waals surface area contributed by atoms with E-state index in [0.717, 1.165) is 23.9 Å². The van der Waals surface area contributed by atoms with Crippen LogP contribution in [0.1, 0.15) is 37.8 Å². The Morgan fingerprint density at radius 3 is 2.50 bits per heavy atom. The first-order valence-corrected chi connectivity index (χ1v) is 8.06. The van der Waals surface area contributed by atoms with Crippen LogP contribution in [0.15, 0.2) is 48.8 Å². The largest absolute Gasteiger partial charge is 0.345 e. The molecule has 0 aliphatic rings. The Hall–Kier alpha value is -1.94. The predicted octanol–water partition coefficient (Wildman–Crippen LogP) is 4.42. The zero-order valence-corrected chi connectivity index (χ0v) is 14.2. The Balaban J connectivity index is 2.10. The Labute approximate surface area is 138 Å². The molecule has 0 bridgehead atoms. The third-order valence-corrected chi connectivity index (χ3v) is 3.98. The average Bonchev–Trinajstić information content (AvgIpc) is 2.53. The lowest BCUT2D eigenvalue weighted by Gasteiger charge is -2.25. The van der Waals surface area contributed by atoms with Crippen molar-refractivity contribution >= 4 is 23.0 Å². The molecule has 2 aromatic rings. The van der Waals surface area contributed by atoms with E-state index in [0.29, 0.717) is 5.92 Å². The van der Waals surface area contributed by atoms with Crippen molar-refractivity contribution in [2.24, 2.45) is 0 Å². The van der Waals surface area contributed by atoms with Gasteiger partial charge in [-0.2, -0.15) is 0 Å². The minimum atomic E-state index is 0.460. The molecule has 0 fully saturated rings. The maximum Gasteiger partial charge on any atom is 0.173 e. The second-order valence-electron chi connectivity index (χ2n) is 5.54. The summed E-state index contributed by atoms with van der Waals surface area (Å²) in [7, 11) is 0. The predicted molar refractivity (Wildman–Crippen MR) is 97.1 cm³/mol. The summed E-state index contributed by atoms with van der Waals surface area (Å²) in [5.74, 6) is 0.460. The average molecular weight is 313 g/mol. The molecule has 0 unspecified atom stereocenters. The van der Waals surface area contributed by atoms with Gasteiger partial charge in [-0.25, -0.2) is 0 Å². The molecular weight excluding hydrogens is 290 g/mol. The number of benzene rings is 1. The third-order valence-electron chi connectivity index (χ3n) is 3.62. The van der Waals surface area contributed by atoms with Crippen LogP contribution in [0.4, 0.5) is 5.69 Å². The van der Waals surface area contributed by atoms with Crippen LogP contribution >= 0.6 is 12.2 Å². The van der Waals surface area contributed by atoms with E-state index in [1.54, 1.807) is 0 Å². The minimum Gasteiger partial charge on any atom is -0.345 e. The molecule has 0 aliphatic heterocycles. The highest BCUT2D eigenvalue weighted by Gasteiger charge is 2.11. The van der Waals surface area contributed by atoms with Crippen LogP contribution in [0.3, 0.4) is 0 Å². The van der Waals surface area contributed by atoms with Gasteiger partial charge in [-0.15, -0.1) is 0 Å². The molecule has 0 spiro atoms. The molecule has 0 saturated heterocycles.